The summed E-state index contributed by atoms with van der Waals surface area (Å²) in [5.41, 5.74) is 3.07. The summed E-state index contributed by atoms with van der Waals surface area (Å²) in [6.07, 6.45) is 4.12. The quantitative estimate of drug-likeness (QED) is 0.796. The first-order valence-corrected chi connectivity index (χ1v) is 7.05. The molecule has 0 aliphatic carbocycles. The Morgan fingerprint density at radius 2 is 2.00 bits per heavy atom. The maximum absolute atomic E-state index is 5.44. The molecule has 5 heteroatoms. The smallest absolute Gasteiger partial charge is 0.164 e. The van der Waals surface area contributed by atoms with Crippen LogP contribution in [0, 0.1) is 6.92 Å². The minimum atomic E-state index is 0.640. The molecular formula is C17H21N3O2. The summed E-state index contributed by atoms with van der Waals surface area (Å²) in [5, 5.41) is 3.29. The number of ether oxygens (including phenoxy) is 2. The van der Waals surface area contributed by atoms with Crippen molar-refractivity contribution in [3.05, 3.63) is 54.0 Å². The first-order chi connectivity index (χ1) is 10.7. The Kier molecular flexibility index (Phi) is 5.36. The maximum atomic E-state index is 5.44. The van der Waals surface area contributed by atoms with E-state index >= 15 is 0 Å². The van der Waals surface area contributed by atoms with Crippen molar-refractivity contribution in [1.82, 2.24) is 9.97 Å². The number of rotatable bonds is 7. The molecule has 0 unspecified atom stereocenters. The van der Waals surface area contributed by atoms with Gasteiger partial charge in [0.1, 0.15) is 12.1 Å². The molecule has 0 fully saturated rings. The highest BCUT2D eigenvalue weighted by molar-refractivity contribution is 5.51. The van der Waals surface area contributed by atoms with Crippen LogP contribution in [0.2, 0.25) is 0 Å². The van der Waals surface area contributed by atoms with Gasteiger partial charge in [-0.1, -0.05) is 6.08 Å². The monoisotopic (exact) mass is 299 g/mol. The molecule has 116 valence electrons. The van der Waals surface area contributed by atoms with Crippen molar-refractivity contribution < 1.29 is 9.47 Å². The molecule has 0 aliphatic heterocycles. The first kappa shape index (κ1) is 15.8. The number of allylic oxidation sites excluding steroid dienone is 1. The fourth-order valence-electron chi connectivity index (χ4n) is 2.26. The minimum Gasteiger partial charge on any atom is -0.493 e. The molecule has 0 atom stereocenters. The third kappa shape index (κ3) is 3.75. The second-order valence-corrected chi connectivity index (χ2v) is 4.88. The summed E-state index contributed by atoms with van der Waals surface area (Å²) in [7, 11) is 3.28. The molecule has 2 aromatic rings. The van der Waals surface area contributed by atoms with Crippen LogP contribution in [0.1, 0.15) is 16.8 Å². The van der Waals surface area contributed by atoms with Gasteiger partial charge < -0.3 is 14.8 Å². The lowest BCUT2D eigenvalue weighted by Gasteiger charge is -2.15. The zero-order chi connectivity index (χ0) is 15.9. The van der Waals surface area contributed by atoms with Crippen LogP contribution in [0.25, 0.3) is 0 Å². The van der Waals surface area contributed by atoms with Gasteiger partial charge in [0.25, 0.3) is 0 Å². The summed E-state index contributed by atoms with van der Waals surface area (Å²) in [5.74, 6) is 2.27. The van der Waals surface area contributed by atoms with E-state index in [1.807, 2.05) is 25.1 Å². The summed E-state index contributed by atoms with van der Waals surface area (Å²) in [6.45, 7) is 6.37. The Labute approximate surface area is 131 Å². The Morgan fingerprint density at radius 1 is 1.18 bits per heavy atom. The van der Waals surface area contributed by atoms with Gasteiger partial charge in [-0.2, -0.15) is 0 Å². The number of benzene rings is 1. The summed E-state index contributed by atoms with van der Waals surface area (Å²) < 4.78 is 10.9. The van der Waals surface area contributed by atoms with Crippen LogP contribution in [0.3, 0.4) is 0 Å². The van der Waals surface area contributed by atoms with E-state index in [9.17, 15) is 0 Å². The average Bonchev–Trinajstić information content (AvgIpc) is 2.52. The fourth-order valence-corrected chi connectivity index (χ4v) is 2.26. The van der Waals surface area contributed by atoms with Crippen molar-refractivity contribution in [2.24, 2.45) is 0 Å². The van der Waals surface area contributed by atoms with Gasteiger partial charge in [0.05, 0.1) is 14.2 Å². The van der Waals surface area contributed by atoms with Gasteiger partial charge in [-0.05, 0) is 31.0 Å². The van der Waals surface area contributed by atoms with Crippen LogP contribution in [0.4, 0.5) is 5.82 Å². The maximum Gasteiger partial charge on any atom is 0.164 e. The number of aryl methyl sites for hydroxylation is 1. The number of methoxy groups -OCH3 is 2. The standard InChI is InChI=1S/C17H21N3O2/c1-5-6-14-8-13(9-15(21-3)17(14)22-4)10-18-16-7-12(2)19-11-20-16/h5,7-9,11H,1,6,10H2,2-4H3,(H,18,19,20). The van der Waals surface area contributed by atoms with Gasteiger partial charge in [0.15, 0.2) is 11.5 Å². The number of nitrogens with one attached hydrogen (secondary N) is 1. The summed E-state index contributed by atoms with van der Waals surface area (Å²) in [6, 6.07) is 5.96. The average molecular weight is 299 g/mol. The molecule has 1 heterocycles. The fraction of sp³-hybridized carbons (Fsp3) is 0.294. The van der Waals surface area contributed by atoms with Gasteiger partial charge >= 0.3 is 0 Å². The molecule has 0 spiro atoms. The second kappa shape index (κ2) is 7.45. The van der Waals surface area contributed by atoms with Crippen molar-refractivity contribution >= 4 is 5.82 Å². The third-order valence-electron chi connectivity index (χ3n) is 3.26. The van der Waals surface area contributed by atoms with Crippen molar-refractivity contribution in [1.29, 1.82) is 0 Å². The number of anilines is 1. The van der Waals surface area contributed by atoms with Crippen LogP contribution in [0.15, 0.2) is 37.2 Å². The van der Waals surface area contributed by atoms with Crippen molar-refractivity contribution in [3.63, 3.8) is 0 Å². The number of hydrogen-bond acceptors (Lipinski definition) is 5. The van der Waals surface area contributed by atoms with Gasteiger partial charge in [0, 0.05) is 23.9 Å². The lowest BCUT2D eigenvalue weighted by molar-refractivity contribution is 0.352. The molecule has 0 radical (unpaired) electrons. The van der Waals surface area contributed by atoms with E-state index < -0.39 is 0 Å². The first-order valence-electron chi connectivity index (χ1n) is 7.05. The highest BCUT2D eigenvalue weighted by Crippen LogP contribution is 2.33. The molecule has 0 saturated heterocycles. The highest BCUT2D eigenvalue weighted by atomic mass is 16.5. The highest BCUT2D eigenvalue weighted by Gasteiger charge is 2.11. The molecule has 0 aliphatic rings. The van der Waals surface area contributed by atoms with Crippen LogP contribution in [-0.2, 0) is 13.0 Å². The second-order valence-electron chi connectivity index (χ2n) is 4.88. The Morgan fingerprint density at radius 3 is 2.64 bits per heavy atom. The molecule has 0 saturated carbocycles. The van der Waals surface area contributed by atoms with Gasteiger partial charge in [-0.25, -0.2) is 9.97 Å². The molecule has 5 nitrogen and oxygen atoms in total. The normalized spacial score (nSPS) is 10.1. The molecule has 22 heavy (non-hydrogen) atoms. The predicted molar refractivity (Wildman–Crippen MR) is 87.5 cm³/mol. The Hall–Kier alpha value is -2.56. The van der Waals surface area contributed by atoms with E-state index in [0.717, 1.165) is 40.6 Å². The van der Waals surface area contributed by atoms with Crippen LogP contribution in [0.5, 0.6) is 11.5 Å². The number of hydrogen-bond donors (Lipinski definition) is 1. The number of aromatic nitrogens is 2. The topological polar surface area (TPSA) is 56.3 Å². The lowest BCUT2D eigenvalue weighted by Crippen LogP contribution is -2.04. The largest absolute Gasteiger partial charge is 0.493 e. The molecular weight excluding hydrogens is 278 g/mol. The molecule has 0 amide bonds. The van der Waals surface area contributed by atoms with Crippen LogP contribution in [-0.4, -0.2) is 24.2 Å². The van der Waals surface area contributed by atoms with E-state index in [0.29, 0.717) is 6.54 Å². The number of nitrogens with zero attached hydrogens (tertiary/aromatic N) is 2. The van der Waals surface area contributed by atoms with Gasteiger partial charge in [-0.3, -0.25) is 0 Å². The van der Waals surface area contributed by atoms with E-state index in [1.165, 1.54) is 0 Å². The van der Waals surface area contributed by atoms with E-state index in [-0.39, 0.29) is 0 Å². The summed E-state index contributed by atoms with van der Waals surface area (Å²) >= 11 is 0. The SMILES string of the molecule is C=CCc1cc(CNc2cc(C)ncn2)cc(OC)c1OC. The predicted octanol–water partition coefficient (Wildman–Crippen LogP) is 3.14. The Bertz CT molecular complexity index is 656. The third-order valence-corrected chi connectivity index (χ3v) is 3.26. The zero-order valence-corrected chi connectivity index (χ0v) is 13.2. The minimum absolute atomic E-state index is 0.640. The summed E-state index contributed by atoms with van der Waals surface area (Å²) in [4.78, 5) is 8.28. The van der Waals surface area contributed by atoms with Crippen molar-refractivity contribution in [2.75, 3.05) is 19.5 Å². The van der Waals surface area contributed by atoms with Crippen molar-refractivity contribution in [2.45, 2.75) is 19.9 Å². The molecule has 0 bridgehead atoms. The molecule has 2 rings (SSSR count). The lowest BCUT2D eigenvalue weighted by atomic mass is 10.1. The van der Waals surface area contributed by atoms with Gasteiger partial charge in [0.2, 0.25) is 0 Å². The van der Waals surface area contributed by atoms with Crippen LogP contribution < -0.4 is 14.8 Å². The zero-order valence-electron chi connectivity index (χ0n) is 13.2. The van der Waals surface area contributed by atoms with Crippen LogP contribution >= 0.6 is 0 Å². The van der Waals surface area contributed by atoms with E-state index in [1.54, 1.807) is 20.5 Å². The molecule has 1 N–H and O–H groups in total. The van der Waals surface area contributed by atoms with Gasteiger partial charge in [-0.15, -0.1) is 6.58 Å². The van der Waals surface area contributed by atoms with E-state index in [2.05, 4.69) is 27.9 Å². The van der Waals surface area contributed by atoms with Crippen molar-refractivity contribution in [3.8, 4) is 11.5 Å². The Balaban J connectivity index is 2.23. The molecule has 1 aromatic carbocycles. The van der Waals surface area contributed by atoms with E-state index in [4.69, 9.17) is 9.47 Å². The molecule has 1 aromatic heterocycles.